The van der Waals surface area contributed by atoms with Crippen LogP contribution in [0, 0.1) is 0 Å². The first kappa shape index (κ1) is 16.9. The third kappa shape index (κ3) is 3.30. The Morgan fingerprint density at radius 3 is 2.38 bits per heavy atom. The molecule has 0 saturated heterocycles. The van der Waals surface area contributed by atoms with E-state index >= 15 is 0 Å². The molecule has 0 atom stereocenters. The van der Waals surface area contributed by atoms with Crippen LogP contribution in [0.2, 0.25) is 10.0 Å². The predicted molar refractivity (Wildman–Crippen MR) is 96.6 cm³/mol. The monoisotopic (exact) mass is 365 g/mol. The summed E-state index contributed by atoms with van der Waals surface area (Å²) in [5.74, 6) is 1.85. The number of hydrogen-bond acceptors (Lipinski definition) is 4. The van der Waals surface area contributed by atoms with Gasteiger partial charge in [0, 0.05) is 12.1 Å². The van der Waals surface area contributed by atoms with E-state index in [1.165, 1.54) is 0 Å². The molecule has 0 amide bonds. The number of para-hydroxylation sites is 1. The average Bonchev–Trinajstić information content (AvgIpc) is 2.60. The lowest BCUT2D eigenvalue weighted by molar-refractivity contribution is 0.354. The van der Waals surface area contributed by atoms with Crippen molar-refractivity contribution in [2.24, 2.45) is 4.99 Å². The second kappa shape index (κ2) is 7.32. The van der Waals surface area contributed by atoms with Crippen molar-refractivity contribution in [2.45, 2.75) is 6.42 Å². The summed E-state index contributed by atoms with van der Waals surface area (Å²) in [6.45, 7) is 0.989. The second-order valence-corrected chi connectivity index (χ2v) is 6.10. The van der Waals surface area contributed by atoms with Crippen molar-refractivity contribution in [3.63, 3.8) is 0 Å². The maximum atomic E-state index is 6.15. The zero-order valence-electron chi connectivity index (χ0n) is 13.4. The molecular formula is C18H17Cl2NO3. The topological polar surface area (TPSA) is 40.0 Å². The van der Waals surface area contributed by atoms with Crippen LogP contribution in [-0.4, -0.2) is 33.1 Å². The van der Waals surface area contributed by atoms with E-state index in [4.69, 9.17) is 37.4 Å². The zero-order valence-corrected chi connectivity index (χ0v) is 14.9. The summed E-state index contributed by atoms with van der Waals surface area (Å²) < 4.78 is 16.6. The maximum Gasteiger partial charge on any atom is 0.161 e. The van der Waals surface area contributed by atoms with Crippen LogP contribution < -0.4 is 14.2 Å². The highest BCUT2D eigenvalue weighted by Crippen LogP contribution is 2.34. The summed E-state index contributed by atoms with van der Waals surface area (Å²) in [5.41, 5.74) is 3.00. The Balaban J connectivity index is 1.87. The first-order chi connectivity index (χ1) is 11.6. The fourth-order valence-corrected chi connectivity index (χ4v) is 3.18. The number of hydrogen-bond donors (Lipinski definition) is 0. The molecule has 3 rings (SSSR count). The Hall–Kier alpha value is -1.91. The molecule has 0 aromatic heterocycles. The minimum atomic E-state index is 0.284. The molecule has 0 unspecified atom stereocenters. The molecule has 2 aromatic carbocycles. The molecule has 0 spiro atoms. The quantitative estimate of drug-likeness (QED) is 0.786. The van der Waals surface area contributed by atoms with Gasteiger partial charge in [-0.15, -0.1) is 0 Å². The molecule has 2 aromatic rings. The smallest absolute Gasteiger partial charge is 0.161 e. The van der Waals surface area contributed by atoms with Crippen molar-refractivity contribution in [3.05, 3.63) is 51.5 Å². The van der Waals surface area contributed by atoms with Crippen LogP contribution in [0.15, 0.2) is 35.3 Å². The van der Waals surface area contributed by atoms with Gasteiger partial charge in [0.1, 0.15) is 6.61 Å². The summed E-state index contributed by atoms with van der Waals surface area (Å²) in [4.78, 5) is 4.59. The van der Waals surface area contributed by atoms with Gasteiger partial charge < -0.3 is 14.2 Å². The van der Waals surface area contributed by atoms with Crippen LogP contribution in [0.4, 0.5) is 0 Å². The molecule has 126 valence electrons. The average molecular weight is 366 g/mol. The lowest BCUT2D eigenvalue weighted by atomic mass is 9.97. The minimum Gasteiger partial charge on any atom is -0.493 e. The van der Waals surface area contributed by atoms with E-state index in [0.29, 0.717) is 33.8 Å². The number of methoxy groups -OCH3 is 2. The van der Waals surface area contributed by atoms with Gasteiger partial charge in [-0.2, -0.15) is 0 Å². The van der Waals surface area contributed by atoms with Gasteiger partial charge in [0.05, 0.1) is 30.0 Å². The molecule has 0 fully saturated rings. The summed E-state index contributed by atoms with van der Waals surface area (Å²) in [7, 11) is 3.24. The molecule has 0 aliphatic carbocycles. The Morgan fingerprint density at radius 1 is 1.04 bits per heavy atom. The van der Waals surface area contributed by atoms with Crippen LogP contribution in [0.1, 0.15) is 11.1 Å². The van der Waals surface area contributed by atoms with E-state index in [-0.39, 0.29) is 6.61 Å². The van der Waals surface area contributed by atoms with Crippen molar-refractivity contribution < 1.29 is 14.2 Å². The largest absolute Gasteiger partial charge is 0.493 e. The number of fused-ring (bicyclic) bond motifs is 1. The molecule has 1 heterocycles. The van der Waals surface area contributed by atoms with E-state index in [2.05, 4.69) is 4.99 Å². The fraction of sp³-hybridized carbons (Fsp3) is 0.278. The highest BCUT2D eigenvalue weighted by Gasteiger charge is 2.19. The van der Waals surface area contributed by atoms with Crippen LogP contribution in [0.3, 0.4) is 0 Å². The third-order valence-corrected chi connectivity index (χ3v) is 4.47. The lowest BCUT2D eigenvalue weighted by Gasteiger charge is -2.20. The number of rotatable bonds is 5. The number of benzene rings is 2. The summed E-state index contributed by atoms with van der Waals surface area (Å²) >= 11 is 12.3. The van der Waals surface area contributed by atoms with E-state index < -0.39 is 0 Å². The van der Waals surface area contributed by atoms with E-state index in [9.17, 15) is 0 Å². The molecule has 0 N–H and O–H groups in total. The van der Waals surface area contributed by atoms with Gasteiger partial charge in [0.15, 0.2) is 17.2 Å². The maximum absolute atomic E-state index is 6.15. The predicted octanol–water partition coefficient (Wildman–Crippen LogP) is 4.43. The zero-order chi connectivity index (χ0) is 17.1. The fourth-order valence-electron chi connectivity index (χ4n) is 2.68. The molecule has 1 aliphatic heterocycles. The molecule has 24 heavy (non-hydrogen) atoms. The van der Waals surface area contributed by atoms with Crippen molar-refractivity contribution in [1.29, 1.82) is 0 Å². The van der Waals surface area contributed by atoms with Gasteiger partial charge in [-0.25, -0.2) is 0 Å². The molecular weight excluding hydrogens is 349 g/mol. The van der Waals surface area contributed by atoms with Crippen molar-refractivity contribution >= 4 is 28.9 Å². The van der Waals surface area contributed by atoms with Gasteiger partial charge in [-0.05, 0) is 36.2 Å². The van der Waals surface area contributed by atoms with Crippen molar-refractivity contribution in [3.8, 4) is 17.2 Å². The number of nitrogens with zero attached hydrogens (tertiary/aromatic N) is 1. The Bertz CT molecular complexity index is 770. The van der Waals surface area contributed by atoms with E-state index in [0.717, 1.165) is 23.3 Å². The second-order valence-electron chi connectivity index (χ2n) is 5.28. The van der Waals surface area contributed by atoms with Gasteiger partial charge in [-0.3, -0.25) is 4.99 Å². The number of halogens is 2. The van der Waals surface area contributed by atoms with Gasteiger partial charge in [0.2, 0.25) is 0 Å². The van der Waals surface area contributed by atoms with Crippen LogP contribution in [0.25, 0.3) is 0 Å². The Labute approximate surface area is 151 Å². The SMILES string of the molecule is COc1cc2c(cc1OC)C(COc1c(Cl)cccc1Cl)=NCC2. The van der Waals surface area contributed by atoms with E-state index in [1.807, 2.05) is 12.1 Å². The summed E-state index contributed by atoms with van der Waals surface area (Å²) in [6.07, 6.45) is 0.853. The van der Waals surface area contributed by atoms with Crippen LogP contribution >= 0.6 is 23.2 Å². The van der Waals surface area contributed by atoms with Gasteiger partial charge in [-0.1, -0.05) is 29.3 Å². The normalized spacial score (nSPS) is 13.1. The summed E-state index contributed by atoms with van der Waals surface area (Å²) in [6, 6.07) is 9.19. The third-order valence-electron chi connectivity index (χ3n) is 3.88. The molecule has 6 heteroatoms. The first-order valence-electron chi connectivity index (χ1n) is 7.49. The molecule has 1 aliphatic rings. The Kier molecular flexibility index (Phi) is 5.17. The molecule has 0 bridgehead atoms. The molecule has 0 saturated carbocycles. The van der Waals surface area contributed by atoms with Crippen molar-refractivity contribution in [1.82, 2.24) is 0 Å². The summed E-state index contributed by atoms with van der Waals surface area (Å²) in [5, 5.41) is 0.956. The molecule has 0 radical (unpaired) electrons. The van der Waals surface area contributed by atoms with Gasteiger partial charge >= 0.3 is 0 Å². The number of aliphatic imine (C=N–C) groups is 1. The van der Waals surface area contributed by atoms with Crippen LogP contribution in [-0.2, 0) is 6.42 Å². The minimum absolute atomic E-state index is 0.284. The lowest BCUT2D eigenvalue weighted by Crippen LogP contribution is -2.20. The van der Waals surface area contributed by atoms with Crippen molar-refractivity contribution in [2.75, 3.05) is 27.4 Å². The highest BCUT2D eigenvalue weighted by molar-refractivity contribution is 6.37. The Morgan fingerprint density at radius 2 is 1.71 bits per heavy atom. The number of ether oxygens (including phenoxy) is 3. The molecule has 4 nitrogen and oxygen atoms in total. The highest BCUT2D eigenvalue weighted by atomic mass is 35.5. The van der Waals surface area contributed by atoms with E-state index in [1.54, 1.807) is 32.4 Å². The van der Waals surface area contributed by atoms with Gasteiger partial charge in [0.25, 0.3) is 0 Å². The first-order valence-corrected chi connectivity index (χ1v) is 8.25. The van der Waals surface area contributed by atoms with Crippen LogP contribution in [0.5, 0.6) is 17.2 Å². The standard InChI is InChI=1S/C18H17Cl2NO3/c1-22-16-8-11-6-7-21-15(12(11)9-17(16)23-2)10-24-18-13(19)4-3-5-14(18)20/h3-5,8-9H,6-7,10H2,1-2H3.